The fourth-order valence-corrected chi connectivity index (χ4v) is 1.53. The monoisotopic (exact) mass is 239 g/mol. The summed E-state index contributed by atoms with van der Waals surface area (Å²) < 4.78 is 13.0. The molecule has 4 N–H and O–H groups in total. The van der Waals surface area contributed by atoms with Gasteiger partial charge in [0.1, 0.15) is 11.7 Å². The summed E-state index contributed by atoms with van der Waals surface area (Å²) in [5.74, 6) is -0.00184. The van der Waals surface area contributed by atoms with E-state index in [0.29, 0.717) is 6.42 Å². The van der Waals surface area contributed by atoms with Crippen molar-refractivity contribution in [1.82, 2.24) is 5.32 Å². The molecular weight excluding hydrogens is 221 g/mol. The maximum atomic E-state index is 13.0. The van der Waals surface area contributed by atoms with E-state index in [4.69, 9.17) is 10.9 Å². The molecular formula is C12H18FN3O. The van der Waals surface area contributed by atoms with Crippen LogP contribution in [0, 0.1) is 5.82 Å². The second kappa shape index (κ2) is 6.85. The predicted octanol–water partition coefficient (Wildman–Crippen LogP) is 2.00. The zero-order valence-electron chi connectivity index (χ0n) is 9.86. The van der Waals surface area contributed by atoms with E-state index in [1.807, 2.05) is 13.0 Å². The van der Waals surface area contributed by atoms with E-state index in [0.717, 1.165) is 18.5 Å². The summed E-state index contributed by atoms with van der Waals surface area (Å²) in [6, 6.07) is 6.59. The van der Waals surface area contributed by atoms with Gasteiger partial charge >= 0.3 is 0 Å². The van der Waals surface area contributed by atoms with Crippen molar-refractivity contribution in [3.8, 4) is 0 Å². The lowest BCUT2D eigenvalue weighted by Gasteiger charge is -2.14. The molecule has 0 radical (unpaired) electrons. The molecule has 5 heteroatoms. The summed E-state index contributed by atoms with van der Waals surface area (Å²) in [7, 11) is 0. The molecule has 1 aromatic carbocycles. The molecule has 0 fully saturated rings. The molecule has 0 saturated heterocycles. The van der Waals surface area contributed by atoms with Gasteiger partial charge in [-0.1, -0.05) is 17.3 Å². The van der Waals surface area contributed by atoms with Crippen molar-refractivity contribution in [2.45, 2.75) is 25.8 Å². The van der Waals surface area contributed by atoms with E-state index < -0.39 is 0 Å². The van der Waals surface area contributed by atoms with Crippen LogP contribution in [-0.2, 0) is 0 Å². The number of nitrogens with one attached hydrogen (secondary N) is 1. The van der Waals surface area contributed by atoms with Crippen LogP contribution in [0.2, 0.25) is 0 Å². The zero-order chi connectivity index (χ0) is 12.7. The first kappa shape index (κ1) is 13.4. The standard InChI is InChI=1S/C12H18FN3O/c1-9(10-4-2-5-11(13)8-10)15-7-3-6-12(14)16-17/h2,4-5,8-9,15,17H,3,6-7H2,1H3,(H2,14,16)/t9-/m0/s1. The molecule has 1 aromatic rings. The number of hydrogen-bond acceptors (Lipinski definition) is 3. The summed E-state index contributed by atoms with van der Waals surface area (Å²) in [5, 5.41) is 14.5. The minimum absolute atomic E-state index is 0.0815. The van der Waals surface area contributed by atoms with Gasteiger partial charge in [0.25, 0.3) is 0 Å². The van der Waals surface area contributed by atoms with E-state index in [1.54, 1.807) is 6.07 Å². The third-order valence-corrected chi connectivity index (χ3v) is 2.54. The maximum absolute atomic E-state index is 13.0. The van der Waals surface area contributed by atoms with Gasteiger partial charge in [-0.15, -0.1) is 0 Å². The second-order valence-electron chi connectivity index (χ2n) is 3.93. The van der Waals surface area contributed by atoms with E-state index in [-0.39, 0.29) is 17.7 Å². The highest BCUT2D eigenvalue weighted by Crippen LogP contribution is 2.13. The van der Waals surface area contributed by atoms with Gasteiger partial charge in [-0.05, 0) is 37.6 Å². The van der Waals surface area contributed by atoms with Crippen LogP contribution in [0.5, 0.6) is 0 Å². The SMILES string of the molecule is C[C@H](NCCC/C(N)=N/O)c1cccc(F)c1. The van der Waals surface area contributed by atoms with Crippen molar-refractivity contribution in [3.63, 3.8) is 0 Å². The van der Waals surface area contributed by atoms with Crippen molar-refractivity contribution in [1.29, 1.82) is 0 Å². The fraction of sp³-hybridized carbons (Fsp3) is 0.417. The fourth-order valence-electron chi connectivity index (χ4n) is 1.53. The summed E-state index contributed by atoms with van der Waals surface area (Å²) in [6.07, 6.45) is 1.31. The van der Waals surface area contributed by atoms with Crippen LogP contribution in [0.1, 0.15) is 31.4 Å². The molecule has 17 heavy (non-hydrogen) atoms. The van der Waals surface area contributed by atoms with E-state index >= 15 is 0 Å². The molecule has 0 heterocycles. The number of amidine groups is 1. The first-order valence-corrected chi connectivity index (χ1v) is 5.58. The molecule has 1 rings (SSSR count). The zero-order valence-corrected chi connectivity index (χ0v) is 9.86. The van der Waals surface area contributed by atoms with Crippen LogP contribution >= 0.6 is 0 Å². The molecule has 94 valence electrons. The smallest absolute Gasteiger partial charge is 0.139 e. The molecule has 0 spiro atoms. The Bertz CT molecular complexity index is 382. The summed E-state index contributed by atoms with van der Waals surface area (Å²) in [4.78, 5) is 0. The van der Waals surface area contributed by atoms with Gasteiger partial charge in [-0.25, -0.2) is 4.39 Å². The Balaban J connectivity index is 2.32. The molecule has 0 aromatic heterocycles. The minimum atomic E-state index is -0.229. The average Bonchev–Trinajstić information content (AvgIpc) is 2.34. The number of nitrogens with zero attached hydrogens (tertiary/aromatic N) is 1. The number of nitrogens with two attached hydrogens (primary N) is 1. The Labute approximate surface area is 100 Å². The third-order valence-electron chi connectivity index (χ3n) is 2.54. The highest BCUT2D eigenvalue weighted by atomic mass is 19.1. The van der Waals surface area contributed by atoms with Crippen molar-refractivity contribution in [3.05, 3.63) is 35.6 Å². The van der Waals surface area contributed by atoms with Gasteiger partial charge in [0.05, 0.1) is 0 Å². The number of benzene rings is 1. The molecule has 0 aliphatic rings. The van der Waals surface area contributed by atoms with Crippen LogP contribution in [0.25, 0.3) is 0 Å². The molecule has 1 atom stereocenters. The van der Waals surface area contributed by atoms with Crippen molar-refractivity contribution >= 4 is 5.84 Å². The summed E-state index contributed by atoms with van der Waals surface area (Å²) in [5.41, 5.74) is 6.25. The van der Waals surface area contributed by atoms with Crippen LogP contribution in [0.3, 0.4) is 0 Å². The second-order valence-corrected chi connectivity index (χ2v) is 3.93. The van der Waals surface area contributed by atoms with Gasteiger partial charge in [-0.3, -0.25) is 0 Å². The number of hydrogen-bond donors (Lipinski definition) is 3. The lowest BCUT2D eigenvalue weighted by molar-refractivity contribution is 0.316. The summed E-state index contributed by atoms with van der Waals surface area (Å²) >= 11 is 0. The topological polar surface area (TPSA) is 70.6 Å². The predicted molar refractivity (Wildman–Crippen MR) is 65.5 cm³/mol. The van der Waals surface area contributed by atoms with Gasteiger partial charge < -0.3 is 16.3 Å². The van der Waals surface area contributed by atoms with Crippen LogP contribution < -0.4 is 11.1 Å². The van der Waals surface area contributed by atoms with Gasteiger partial charge in [0, 0.05) is 12.5 Å². The Kier molecular flexibility index (Phi) is 5.42. The molecule has 0 aliphatic carbocycles. The van der Waals surface area contributed by atoms with Crippen LogP contribution in [-0.4, -0.2) is 17.6 Å². The Morgan fingerprint density at radius 3 is 3.00 bits per heavy atom. The first-order valence-electron chi connectivity index (χ1n) is 5.58. The van der Waals surface area contributed by atoms with Crippen molar-refractivity contribution in [2.24, 2.45) is 10.9 Å². The Hall–Kier alpha value is -1.62. The van der Waals surface area contributed by atoms with Crippen LogP contribution in [0.15, 0.2) is 29.4 Å². The average molecular weight is 239 g/mol. The first-order chi connectivity index (χ1) is 8.13. The molecule has 0 bridgehead atoms. The molecule has 0 unspecified atom stereocenters. The third kappa shape index (κ3) is 4.82. The quantitative estimate of drug-likeness (QED) is 0.234. The van der Waals surface area contributed by atoms with Gasteiger partial charge in [0.2, 0.25) is 0 Å². The van der Waals surface area contributed by atoms with E-state index in [2.05, 4.69) is 10.5 Å². The molecule has 4 nitrogen and oxygen atoms in total. The van der Waals surface area contributed by atoms with Crippen LogP contribution in [0.4, 0.5) is 4.39 Å². The lowest BCUT2D eigenvalue weighted by Crippen LogP contribution is -2.21. The van der Waals surface area contributed by atoms with E-state index in [9.17, 15) is 4.39 Å². The van der Waals surface area contributed by atoms with Gasteiger partial charge in [-0.2, -0.15) is 0 Å². The van der Waals surface area contributed by atoms with E-state index in [1.165, 1.54) is 12.1 Å². The Morgan fingerprint density at radius 2 is 2.35 bits per heavy atom. The Morgan fingerprint density at radius 1 is 1.59 bits per heavy atom. The highest BCUT2D eigenvalue weighted by Gasteiger charge is 2.05. The maximum Gasteiger partial charge on any atom is 0.139 e. The minimum Gasteiger partial charge on any atom is -0.409 e. The molecule has 0 saturated carbocycles. The number of oxime groups is 1. The number of halogens is 1. The lowest BCUT2D eigenvalue weighted by atomic mass is 10.1. The van der Waals surface area contributed by atoms with Crippen molar-refractivity contribution < 1.29 is 9.60 Å². The van der Waals surface area contributed by atoms with Gasteiger partial charge in [0.15, 0.2) is 0 Å². The summed E-state index contributed by atoms with van der Waals surface area (Å²) in [6.45, 7) is 2.70. The largest absolute Gasteiger partial charge is 0.409 e. The molecule has 0 amide bonds. The highest BCUT2D eigenvalue weighted by molar-refractivity contribution is 5.79. The van der Waals surface area contributed by atoms with Crippen molar-refractivity contribution in [2.75, 3.05) is 6.54 Å². The molecule has 0 aliphatic heterocycles. The normalized spacial score (nSPS) is 13.6. The number of rotatable bonds is 6.